The van der Waals surface area contributed by atoms with E-state index in [2.05, 4.69) is 0 Å². The fraction of sp³-hybridized carbons (Fsp3) is 0.385. The molecule has 1 unspecified atom stereocenters. The van der Waals surface area contributed by atoms with E-state index in [1.807, 2.05) is 30.5 Å². The molecule has 0 spiro atoms. The molecule has 0 saturated heterocycles. The minimum Gasteiger partial charge on any atom is -0.206 e. The molecule has 2 rings (SSSR count). The Morgan fingerprint density at radius 2 is 2.10 bits per heavy atom. The van der Waals surface area contributed by atoms with Gasteiger partial charge in [-0.25, -0.2) is 8.42 Å². The monoisotopic (exact) mass is 349 g/mol. The van der Waals surface area contributed by atoms with Gasteiger partial charge in [-0.3, -0.25) is 0 Å². The first-order valence-electron chi connectivity index (χ1n) is 6.13. The lowest BCUT2D eigenvalue weighted by Gasteiger charge is -2.22. The number of hydrogen-bond acceptors (Lipinski definition) is 4. The summed E-state index contributed by atoms with van der Waals surface area (Å²) in [7, 11) is -1.82. The van der Waals surface area contributed by atoms with Crippen LogP contribution in [0.25, 0.3) is 0 Å². The van der Waals surface area contributed by atoms with Crippen molar-refractivity contribution in [3.63, 3.8) is 0 Å². The van der Waals surface area contributed by atoms with Crippen LogP contribution >= 0.6 is 34.3 Å². The van der Waals surface area contributed by atoms with Gasteiger partial charge in [0.2, 0.25) is 0 Å². The third-order valence-corrected chi connectivity index (χ3v) is 7.88. The van der Waals surface area contributed by atoms with E-state index < -0.39 is 10.0 Å². The Kier molecular flexibility index (Phi) is 5.25. The minimum absolute atomic E-state index is 0.168. The Bertz CT molecular complexity index is 649. The molecule has 0 bridgehead atoms. The lowest BCUT2D eigenvalue weighted by molar-refractivity contribution is 0.404. The van der Waals surface area contributed by atoms with Gasteiger partial charge in [0.05, 0.1) is 6.04 Å². The molecule has 20 heavy (non-hydrogen) atoms. The second-order valence-corrected chi connectivity index (χ2v) is 9.12. The summed E-state index contributed by atoms with van der Waals surface area (Å²) in [4.78, 5) is 2.03. The SMILES string of the molecule is CC(c1cccs1)N(C)S(=O)(=O)c1ccc(CCCl)s1. The highest BCUT2D eigenvalue weighted by Crippen LogP contribution is 2.31. The van der Waals surface area contributed by atoms with Gasteiger partial charge >= 0.3 is 0 Å². The van der Waals surface area contributed by atoms with Crippen LogP contribution in [0, 0.1) is 0 Å². The van der Waals surface area contributed by atoms with Crippen molar-refractivity contribution in [3.05, 3.63) is 39.4 Å². The Morgan fingerprint density at radius 3 is 2.70 bits per heavy atom. The Hall–Kier alpha value is -0.400. The molecule has 2 aromatic rings. The van der Waals surface area contributed by atoms with E-state index in [0.29, 0.717) is 16.5 Å². The van der Waals surface area contributed by atoms with Crippen molar-refractivity contribution < 1.29 is 8.42 Å². The predicted octanol–water partition coefficient (Wildman–Crippen LogP) is 3.97. The quantitative estimate of drug-likeness (QED) is 0.740. The molecule has 0 aliphatic heterocycles. The fourth-order valence-electron chi connectivity index (χ4n) is 1.78. The van der Waals surface area contributed by atoms with Gasteiger partial charge in [-0.15, -0.1) is 34.3 Å². The summed E-state index contributed by atoms with van der Waals surface area (Å²) in [5.41, 5.74) is 0. The number of nitrogens with zero attached hydrogens (tertiary/aromatic N) is 1. The first-order chi connectivity index (χ1) is 9.46. The molecule has 0 aliphatic rings. The van der Waals surface area contributed by atoms with Crippen LogP contribution in [-0.4, -0.2) is 25.7 Å². The van der Waals surface area contributed by atoms with Crippen molar-refractivity contribution in [2.24, 2.45) is 0 Å². The summed E-state index contributed by atoms with van der Waals surface area (Å²) >= 11 is 8.55. The van der Waals surface area contributed by atoms with Gasteiger partial charge in [-0.05, 0) is 36.9 Å². The molecule has 1 atom stereocenters. The van der Waals surface area contributed by atoms with E-state index in [1.165, 1.54) is 15.6 Å². The molecular formula is C13H16ClNO2S3. The Labute approximate surface area is 132 Å². The molecule has 0 radical (unpaired) electrons. The van der Waals surface area contributed by atoms with Gasteiger partial charge in [0, 0.05) is 22.7 Å². The first-order valence-corrected chi connectivity index (χ1v) is 9.80. The number of halogens is 1. The average Bonchev–Trinajstić information content (AvgIpc) is 3.08. The maximum absolute atomic E-state index is 12.6. The highest BCUT2D eigenvalue weighted by atomic mass is 35.5. The second kappa shape index (κ2) is 6.58. The summed E-state index contributed by atoms with van der Waals surface area (Å²) in [6.45, 7) is 1.90. The summed E-state index contributed by atoms with van der Waals surface area (Å²) in [6, 6.07) is 7.22. The van der Waals surface area contributed by atoms with Crippen LogP contribution in [0.15, 0.2) is 33.9 Å². The van der Waals surface area contributed by atoms with Gasteiger partial charge in [-0.1, -0.05) is 6.07 Å². The predicted molar refractivity (Wildman–Crippen MR) is 86.4 cm³/mol. The van der Waals surface area contributed by atoms with Gasteiger partial charge in [0.15, 0.2) is 0 Å². The highest BCUT2D eigenvalue weighted by Gasteiger charge is 2.28. The molecule has 0 fully saturated rings. The first kappa shape index (κ1) is 16.0. The summed E-state index contributed by atoms with van der Waals surface area (Å²) in [5, 5.41) is 1.95. The summed E-state index contributed by atoms with van der Waals surface area (Å²) < 4.78 is 27.0. The van der Waals surface area contributed by atoms with E-state index in [0.717, 1.165) is 9.75 Å². The molecular weight excluding hydrogens is 334 g/mol. The molecule has 7 heteroatoms. The molecule has 2 heterocycles. The van der Waals surface area contributed by atoms with E-state index in [1.54, 1.807) is 24.5 Å². The maximum Gasteiger partial charge on any atom is 0.252 e. The summed E-state index contributed by atoms with van der Waals surface area (Å²) in [5.74, 6) is 0.501. The highest BCUT2D eigenvalue weighted by molar-refractivity contribution is 7.91. The standard InChI is InChI=1S/C13H16ClNO2S3/c1-10(12-4-3-9-18-12)15(2)20(16,17)13-6-5-11(19-13)7-8-14/h3-6,9-10H,7-8H2,1-2H3. The Morgan fingerprint density at radius 1 is 1.35 bits per heavy atom. The lowest BCUT2D eigenvalue weighted by Crippen LogP contribution is -2.28. The molecule has 110 valence electrons. The van der Waals surface area contributed by atoms with Gasteiger partial charge in [0.25, 0.3) is 10.0 Å². The average molecular weight is 350 g/mol. The normalized spacial score (nSPS) is 13.8. The molecule has 0 saturated carbocycles. The third-order valence-electron chi connectivity index (χ3n) is 3.11. The summed E-state index contributed by atoms with van der Waals surface area (Å²) in [6.07, 6.45) is 0.700. The number of alkyl halides is 1. The van der Waals surface area contributed by atoms with Crippen LogP contribution in [0.1, 0.15) is 22.7 Å². The number of thiophene rings is 2. The fourth-order valence-corrected chi connectivity index (χ4v) is 5.87. The smallest absolute Gasteiger partial charge is 0.206 e. The largest absolute Gasteiger partial charge is 0.252 e. The minimum atomic E-state index is -3.45. The second-order valence-electron chi connectivity index (χ2n) is 4.37. The van der Waals surface area contributed by atoms with Crippen molar-refractivity contribution in [1.82, 2.24) is 4.31 Å². The van der Waals surface area contributed by atoms with Crippen molar-refractivity contribution in [3.8, 4) is 0 Å². The molecule has 0 aliphatic carbocycles. The van der Waals surface area contributed by atoms with Gasteiger partial charge < -0.3 is 0 Å². The van der Waals surface area contributed by atoms with Crippen LogP contribution in [-0.2, 0) is 16.4 Å². The van der Waals surface area contributed by atoms with Crippen molar-refractivity contribution in [2.45, 2.75) is 23.6 Å². The topological polar surface area (TPSA) is 37.4 Å². The number of rotatable bonds is 6. The van der Waals surface area contributed by atoms with Crippen molar-refractivity contribution in [2.75, 3.05) is 12.9 Å². The van der Waals surface area contributed by atoms with Gasteiger partial charge in [0.1, 0.15) is 4.21 Å². The van der Waals surface area contributed by atoms with Crippen LogP contribution in [0.5, 0.6) is 0 Å². The van der Waals surface area contributed by atoms with Crippen LogP contribution in [0.4, 0.5) is 0 Å². The van der Waals surface area contributed by atoms with Crippen molar-refractivity contribution in [1.29, 1.82) is 0 Å². The molecule has 0 N–H and O–H groups in total. The van der Waals surface area contributed by atoms with E-state index in [-0.39, 0.29) is 6.04 Å². The van der Waals surface area contributed by atoms with Gasteiger partial charge in [-0.2, -0.15) is 4.31 Å². The van der Waals surface area contributed by atoms with Crippen LogP contribution in [0.3, 0.4) is 0 Å². The third kappa shape index (κ3) is 3.26. The molecule has 0 aromatic carbocycles. The maximum atomic E-state index is 12.6. The number of sulfonamides is 1. The van der Waals surface area contributed by atoms with E-state index in [9.17, 15) is 8.42 Å². The Balaban J connectivity index is 2.24. The molecule has 0 amide bonds. The van der Waals surface area contributed by atoms with E-state index >= 15 is 0 Å². The van der Waals surface area contributed by atoms with Crippen LogP contribution in [0.2, 0.25) is 0 Å². The molecule has 2 aromatic heterocycles. The zero-order valence-corrected chi connectivity index (χ0v) is 14.5. The van der Waals surface area contributed by atoms with Crippen LogP contribution < -0.4 is 0 Å². The molecule has 3 nitrogen and oxygen atoms in total. The number of hydrogen-bond donors (Lipinski definition) is 0. The lowest BCUT2D eigenvalue weighted by atomic mass is 10.3. The number of aryl methyl sites for hydroxylation is 1. The van der Waals surface area contributed by atoms with E-state index in [4.69, 9.17) is 11.6 Å². The van der Waals surface area contributed by atoms with Crippen molar-refractivity contribution >= 4 is 44.3 Å². The zero-order chi connectivity index (χ0) is 14.8. The zero-order valence-electron chi connectivity index (χ0n) is 11.2.